The fourth-order valence-corrected chi connectivity index (χ4v) is 10.6. The van der Waals surface area contributed by atoms with Gasteiger partial charge in [0.2, 0.25) is 0 Å². The minimum Gasteiger partial charge on any atom is -0.455 e. The summed E-state index contributed by atoms with van der Waals surface area (Å²) in [7, 11) is 0. The van der Waals surface area contributed by atoms with Crippen molar-refractivity contribution >= 4 is 35.7 Å². The third kappa shape index (κ3) is 7.07. The minimum atomic E-state index is -2.24. The molecule has 4 fully saturated rings. The highest BCUT2D eigenvalue weighted by Gasteiger charge is 2.84. The molecule has 0 radical (unpaired) electrons. The number of Topliss-reactive ketones (excluding diaryl/α,β-unsaturated/α-hetero) is 1. The number of aliphatic hydroxyl groups excluding tert-OH is 1. The van der Waals surface area contributed by atoms with Gasteiger partial charge in [-0.3, -0.25) is 14.4 Å². The Kier molecular flexibility index (Phi) is 10.8. The number of rotatable bonds is 9. The fraction of sp³-hybridized carbons (Fsp3) is 0.556. The van der Waals surface area contributed by atoms with E-state index in [9.17, 15) is 34.2 Å². The second-order valence-electron chi connectivity index (χ2n) is 18.6. The molecule has 2 amide bonds. The quantitative estimate of drug-likeness (QED) is 0.206. The maximum absolute atomic E-state index is 15.5. The summed E-state index contributed by atoms with van der Waals surface area (Å²) >= 11 is 0. The van der Waals surface area contributed by atoms with Gasteiger partial charge < -0.3 is 44.5 Å². The molecule has 1 heterocycles. The largest absolute Gasteiger partial charge is 0.455 e. The summed E-state index contributed by atoms with van der Waals surface area (Å²) in [5, 5.41) is 30.8. The molecule has 1 unspecified atom stereocenters. The van der Waals surface area contributed by atoms with Gasteiger partial charge in [0.25, 0.3) is 0 Å². The van der Waals surface area contributed by atoms with Crippen molar-refractivity contribution in [3.8, 4) is 0 Å². The van der Waals surface area contributed by atoms with Crippen molar-refractivity contribution in [2.45, 2.75) is 122 Å². The molecule has 2 bridgehead atoms. The topological polar surface area (TPSA) is 213 Å². The first kappa shape index (κ1) is 43.0. The van der Waals surface area contributed by atoms with Crippen LogP contribution in [0.4, 0.5) is 4.79 Å². The fourth-order valence-electron chi connectivity index (χ4n) is 10.6. The zero-order valence-corrected chi connectivity index (χ0v) is 35.1. The number of esters is 4. The average Bonchev–Trinajstić information content (AvgIpc) is 3.90. The van der Waals surface area contributed by atoms with E-state index >= 15 is 4.79 Å². The molecule has 4 N–H and O–H groups in total. The lowest BCUT2D eigenvalue weighted by molar-refractivity contribution is -0.326. The van der Waals surface area contributed by atoms with E-state index in [-0.39, 0.29) is 35.8 Å². The molecule has 322 valence electrons. The van der Waals surface area contributed by atoms with Crippen molar-refractivity contribution in [3.63, 3.8) is 0 Å². The van der Waals surface area contributed by atoms with Gasteiger partial charge in [-0.05, 0) is 69.7 Å². The first-order valence-electron chi connectivity index (χ1n) is 20.3. The zero-order chi connectivity index (χ0) is 43.7. The lowest BCUT2D eigenvalue weighted by Crippen LogP contribution is -2.78. The summed E-state index contributed by atoms with van der Waals surface area (Å²) in [5.74, 6) is -6.91. The van der Waals surface area contributed by atoms with Crippen LogP contribution in [0, 0.1) is 28.6 Å². The van der Waals surface area contributed by atoms with Crippen molar-refractivity contribution in [1.82, 2.24) is 10.6 Å². The van der Waals surface area contributed by atoms with Crippen molar-refractivity contribution in [2.24, 2.45) is 28.6 Å². The molecule has 1 saturated heterocycles. The molecule has 60 heavy (non-hydrogen) atoms. The van der Waals surface area contributed by atoms with Crippen LogP contribution in [0.3, 0.4) is 0 Å². The number of carbonyl (C=O) groups excluding carboxylic acids is 6. The number of ether oxygens (including phenoxy) is 5. The highest BCUT2D eigenvalue weighted by atomic mass is 16.6. The maximum Gasteiger partial charge on any atom is 0.342 e. The van der Waals surface area contributed by atoms with Gasteiger partial charge in [0, 0.05) is 42.6 Å². The molecule has 4 aliphatic carbocycles. The maximum atomic E-state index is 15.5. The number of fused-ring (bicyclic) bond motifs is 4. The lowest BCUT2D eigenvalue weighted by atomic mass is 9.47. The Morgan fingerprint density at radius 2 is 1.57 bits per heavy atom. The summed E-state index contributed by atoms with van der Waals surface area (Å²) in [6.07, 6.45) is -5.76. The molecule has 1 spiro atoms. The number of amides is 2. The number of aliphatic hydroxyl groups is 2. The summed E-state index contributed by atoms with van der Waals surface area (Å²) in [6.45, 7) is 12.4. The van der Waals surface area contributed by atoms with Gasteiger partial charge in [0.15, 0.2) is 23.6 Å². The van der Waals surface area contributed by atoms with Crippen LogP contribution in [-0.2, 0) is 42.9 Å². The van der Waals surface area contributed by atoms with Crippen molar-refractivity contribution in [1.29, 1.82) is 0 Å². The molecule has 15 nitrogen and oxygen atoms in total. The molecule has 2 aromatic rings. The van der Waals surface area contributed by atoms with E-state index < -0.39 is 112 Å². The van der Waals surface area contributed by atoms with Gasteiger partial charge in [-0.15, -0.1) is 0 Å². The summed E-state index contributed by atoms with van der Waals surface area (Å²) < 4.78 is 30.6. The van der Waals surface area contributed by atoms with E-state index in [4.69, 9.17) is 23.7 Å². The number of hydrogen-bond donors (Lipinski definition) is 4. The molecule has 15 heteroatoms. The highest BCUT2D eigenvalue weighted by Crippen LogP contribution is 2.75. The van der Waals surface area contributed by atoms with Gasteiger partial charge in [0.1, 0.15) is 23.6 Å². The predicted molar refractivity (Wildman–Crippen MR) is 211 cm³/mol. The van der Waals surface area contributed by atoms with E-state index in [0.717, 1.165) is 6.92 Å². The van der Waals surface area contributed by atoms with Crippen molar-refractivity contribution < 1.29 is 62.7 Å². The van der Waals surface area contributed by atoms with Crippen LogP contribution < -0.4 is 10.6 Å². The van der Waals surface area contributed by atoms with E-state index in [1.54, 1.807) is 90.1 Å². The molecule has 7 rings (SSSR count). The number of carbonyl (C=O) groups is 6. The van der Waals surface area contributed by atoms with Crippen LogP contribution in [-0.4, -0.2) is 93.7 Å². The van der Waals surface area contributed by atoms with Gasteiger partial charge >= 0.3 is 29.9 Å². The number of urea groups is 1. The highest BCUT2D eigenvalue weighted by molar-refractivity contribution is 5.96. The second kappa shape index (κ2) is 15.1. The van der Waals surface area contributed by atoms with E-state index in [1.165, 1.54) is 19.1 Å². The van der Waals surface area contributed by atoms with Crippen LogP contribution in [0.1, 0.15) is 96.6 Å². The minimum absolute atomic E-state index is 0.147. The van der Waals surface area contributed by atoms with E-state index in [0.29, 0.717) is 12.0 Å². The van der Waals surface area contributed by atoms with Crippen LogP contribution in [0.2, 0.25) is 0 Å². The Morgan fingerprint density at radius 3 is 2.13 bits per heavy atom. The molecule has 0 aromatic heterocycles. The first-order chi connectivity index (χ1) is 28.1. The van der Waals surface area contributed by atoms with Crippen molar-refractivity contribution in [3.05, 3.63) is 83.1 Å². The smallest absolute Gasteiger partial charge is 0.342 e. The predicted octanol–water partition coefficient (Wildman–Crippen LogP) is 4.25. The van der Waals surface area contributed by atoms with E-state index in [1.807, 2.05) is 0 Å². The Labute approximate surface area is 348 Å². The van der Waals surface area contributed by atoms with Crippen LogP contribution in [0.5, 0.6) is 0 Å². The molecule has 2 aromatic carbocycles. The SMILES string of the molecule is CC(=O)O[C@H]1C(=O)[C@]23C[C@H]2C[C@H]2OC[C@@]2(OC(C)=O)[C@H]3[C@H](OC(=O)c2ccccc2)[C@]2(O)CC(OC(=O)[C@H](O)[C@@H](NC(=O)NC(C)(C)C)c3ccccc3)=C(C)C1C2(C)C. The Balaban J connectivity index is 1.37. The molecule has 5 aliphatic rings. The molecule has 1 aliphatic heterocycles. The van der Waals surface area contributed by atoms with Gasteiger partial charge in [-0.1, -0.05) is 62.4 Å². The summed E-state index contributed by atoms with van der Waals surface area (Å²) in [5.41, 5.74) is -6.51. The number of benzene rings is 2. The molecule has 11 atom stereocenters. The van der Waals surface area contributed by atoms with Crippen molar-refractivity contribution in [2.75, 3.05) is 6.61 Å². The zero-order valence-electron chi connectivity index (χ0n) is 35.1. The average molecular weight is 831 g/mol. The monoisotopic (exact) mass is 830 g/mol. The molecule has 3 saturated carbocycles. The second-order valence-corrected chi connectivity index (χ2v) is 18.6. The van der Waals surface area contributed by atoms with Gasteiger partial charge in [-0.2, -0.15) is 0 Å². The van der Waals surface area contributed by atoms with Gasteiger partial charge in [-0.25, -0.2) is 14.4 Å². The summed E-state index contributed by atoms with van der Waals surface area (Å²) in [4.78, 5) is 83.0. The molecular formula is C45H54N2O13. The number of ketones is 1. The Bertz CT molecular complexity index is 2110. The van der Waals surface area contributed by atoms with Gasteiger partial charge in [0.05, 0.1) is 24.1 Å². The molecular weight excluding hydrogens is 776 g/mol. The first-order valence-corrected chi connectivity index (χ1v) is 20.3. The standard InChI is InChI=1S/C45H54N2O13/c1-23-29(58-39(53)33(50)32(26-15-11-9-12-16-26)46-40(54)47-41(4,5)6)21-45(55)37(59-38(52)27-17-13-10-14-18-27)35-43(36(51)34(57-24(2)48)31(23)42(45,7)8)20-28(43)19-30-44(35,22-56-30)60-25(3)49/h9-18,28,30-35,37,50,55H,19-22H2,1-8H3,(H2,46,47,54)/t28-,30-,31?,32+,33-,34-,35+,37+,43-,44+,45-/m1/s1. The summed E-state index contributed by atoms with van der Waals surface area (Å²) in [6, 6.07) is 14.4. The van der Waals surface area contributed by atoms with Crippen LogP contribution in [0.25, 0.3) is 0 Å². The Morgan fingerprint density at radius 1 is 0.933 bits per heavy atom. The lowest BCUT2D eigenvalue weighted by Gasteiger charge is -2.64. The van der Waals surface area contributed by atoms with E-state index in [2.05, 4.69) is 10.6 Å². The number of nitrogens with one attached hydrogen (secondary N) is 2. The normalized spacial score (nSPS) is 33.3. The number of hydrogen-bond acceptors (Lipinski definition) is 13. The van der Waals surface area contributed by atoms with Crippen LogP contribution in [0.15, 0.2) is 72.0 Å². The third-order valence-electron chi connectivity index (χ3n) is 13.4. The Hall–Kier alpha value is -5.12. The third-order valence-corrected chi connectivity index (χ3v) is 13.4. The van der Waals surface area contributed by atoms with Crippen LogP contribution >= 0.6 is 0 Å².